The summed E-state index contributed by atoms with van der Waals surface area (Å²) in [5, 5.41) is 2.65. The summed E-state index contributed by atoms with van der Waals surface area (Å²) in [4.78, 5) is 38.7. The molecular weight excluding hydrogens is 493 g/mol. The van der Waals surface area contributed by atoms with Crippen molar-refractivity contribution in [1.29, 1.82) is 0 Å². The molecule has 0 radical (unpaired) electrons. The topological polar surface area (TPSA) is 71.4 Å². The minimum Gasteiger partial charge on any atom is -0.317 e. The Kier molecular flexibility index (Phi) is 5.51. The number of rotatable bonds is 3. The Morgan fingerprint density at radius 3 is 2.30 bits per heavy atom. The fraction of sp³-hybridized carbons (Fsp3) is 0. The van der Waals surface area contributed by atoms with E-state index in [0.29, 0.717) is 5.69 Å². The highest BCUT2D eigenvalue weighted by Crippen LogP contribution is 2.29. The van der Waals surface area contributed by atoms with E-state index in [-0.39, 0.29) is 21.3 Å². The third-order valence-electron chi connectivity index (χ3n) is 4.44. The fourth-order valence-corrected chi connectivity index (χ4v) is 3.57. The molecule has 2 heterocycles. The molecule has 1 aliphatic heterocycles. The van der Waals surface area contributed by atoms with Crippen LogP contribution >= 0.6 is 39.1 Å². The second-order valence-electron chi connectivity index (χ2n) is 6.34. The van der Waals surface area contributed by atoms with E-state index in [2.05, 4.69) is 21.2 Å². The predicted octanol–water partition coefficient (Wildman–Crippen LogP) is 5.21. The van der Waals surface area contributed by atoms with E-state index in [1.54, 1.807) is 12.1 Å². The third-order valence-corrected chi connectivity index (χ3v) is 5.71. The van der Waals surface area contributed by atoms with Gasteiger partial charge in [-0.25, -0.2) is 9.69 Å². The monoisotopic (exact) mass is 503 g/mol. The highest BCUT2D eigenvalue weighted by atomic mass is 79.9. The number of barbiturate groups is 1. The average molecular weight is 505 g/mol. The Morgan fingerprint density at radius 1 is 0.900 bits per heavy atom. The average Bonchev–Trinajstić information content (AvgIpc) is 3.16. The van der Waals surface area contributed by atoms with Crippen molar-refractivity contribution in [2.45, 2.75) is 0 Å². The number of aromatic nitrogens is 1. The first-order valence-corrected chi connectivity index (χ1v) is 10.2. The van der Waals surface area contributed by atoms with Gasteiger partial charge in [-0.2, -0.15) is 0 Å². The lowest BCUT2D eigenvalue weighted by atomic mass is 10.1. The number of anilines is 1. The van der Waals surface area contributed by atoms with Crippen LogP contribution in [0.2, 0.25) is 10.0 Å². The SMILES string of the molecule is O=C1NC(=O)N(c2ccc(Cl)c(Cl)c2)C(=O)/C1=C/c1cccn1-c1ccc(Br)cc1. The molecule has 1 aliphatic rings. The molecule has 150 valence electrons. The minimum atomic E-state index is -0.858. The number of halogens is 3. The number of benzene rings is 2. The van der Waals surface area contributed by atoms with Crippen molar-refractivity contribution in [3.63, 3.8) is 0 Å². The summed E-state index contributed by atoms with van der Waals surface area (Å²) in [6.45, 7) is 0. The van der Waals surface area contributed by atoms with Crippen LogP contribution in [0.25, 0.3) is 11.8 Å². The zero-order valence-electron chi connectivity index (χ0n) is 15.1. The van der Waals surface area contributed by atoms with Crippen LogP contribution in [0.5, 0.6) is 0 Å². The molecule has 0 unspecified atom stereocenters. The second-order valence-corrected chi connectivity index (χ2v) is 8.07. The zero-order chi connectivity index (χ0) is 21.4. The molecule has 1 saturated heterocycles. The standard InChI is InChI=1S/C21H12BrCl2N3O3/c22-12-3-5-13(6-4-12)26-9-1-2-14(26)10-16-19(28)25-21(30)27(20(16)29)15-7-8-17(23)18(24)11-15/h1-11H,(H,25,28,30)/b16-10+. The van der Waals surface area contributed by atoms with Gasteiger partial charge < -0.3 is 4.57 Å². The molecule has 0 bridgehead atoms. The first-order chi connectivity index (χ1) is 14.3. The normalized spacial score (nSPS) is 15.6. The highest BCUT2D eigenvalue weighted by Gasteiger charge is 2.37. The minimum absolute atomic E-state index is 0.182. The molecule has 0 atom stereocenters. The van der Waals surface area contributed by atoms with Gasteiger partial charge >= 0.3 is 6.03 Å². The van der Waals surface area contributed by atoms with Gasteiger partial charge in [0, 0.05) is 22.1 Å². The van der Waals surface area contributed by atoms with Crippen molar-refractivity contribution >= 4 is 68.7 Å². The molecule has 9 heteroatoms. The van der Waals surface area contributed by atoms with Gasteiger partial charge in [0.15, 0.2) is 0 Å². The quantitative estimate of drug-likeness (QED) is 0.393. The van der Waals surface area contributed by atoms with Crippen molar-refractivity contribution in [3.8, 4) is 5.69 Å². The zero-order valence-corrected chi connectivity index (χ0v) is 18.2. The van der Waals surface area contributed by atoms with Crippen molar-refractivity contribution in [1.82, 2.24) is 9.88 Å². The molecule has 1 fully saturated rings. The lowest BCUT2D eigenvalue weighted by Gasteiger charge is -2.26. The Bertz CT molecular complexity index is 1220. The molecule has 0 aliphatic carbocycles. The number of imide groups is 2. The van der Waals surface area contributed by atoms with Crippen LogP contribution in [-0.2, 0) is 9.59 Å². The van der Waals surface area contributed by atoms with E-state index < -0.39 is 17.8 Å². The summed E-state index contributed by atoms with van der Waals surface area (Å²) in [6.07, 6.45) is 3.25. The molecule has 4 amide bonds. The Balaban J connectivity index is 1.74. The maximum Gasteiger partial charge on any atom is 0.335 e. The smallest absolute Gasteiger partial charge is 0.317 e. The third kappa shape index (κ3) is 3.79. The number of carbonyl (C=O) groups is 3. The number of hydrogen-bond acceptors (Lipinski definition) is 3. The second kappa shape index (κ2) is 8.10. The molecule has 3 aromatic rings. The number of carbonyl (C=O) groups excluding carboxylic acids is 3. The highest BCUT2D eigenvalue weighted by molar-refractivity contribution is 9.10. The molecule has 0 spiro atoms. The number of nitrogens with zero attached hydrogens (tertiary/aromatic N) is 2. The summed E-state index contributed by atoms with van der Waals surface area (Å²) >= 11 is 15.3. The lowest BCUT2D eigenvalue weighted by Crippen LogP contribution is -2.54. The van der Waals surface area contributed by atoms with Gasteiger partial charge in [0.1, 0.15) is 5.57 Å². The lowest BCUT2D eigenvalue weighted by molar-refractivity contribution is -0.122. The van der Waals surface area contributed by atoms with Crippen LogP contribution in [0.15, 0.2) is 70.8 Å². The number of nitrogens with one attached hydrogen (secondary N) is 1. The molecular formula is C21H12BrCl2N3O3. The molecule has 1 aromatic heterocycles. The Morgan fingerprint density at radius 2 is 1.60 bits per heavy atom. The van der Waals surface area contributed by atoms with Crippen LogP contribution in [-0.4, -0.2) is 22.4 Å². The Labute approximate surface area is 189 Å². The van der Waals surface area contributed by atoms with Gasteiger partial charge in [0.2, 0.25) is 0 Å². The summed E-state index contributed by atoms with van der Waals surface area (Å²) in [5.41, 5.74) is 1.46. The van der Waals surface area contributed by atoms with Crippen molar-refractivity contribution in [2.24, 2.45) is 0 Å². The van der Waals surface area contributed by atoms with E-state index in [1.807, 2.05) is 35.0 Å². The summed E-state index contributed by atoms with van der Waals surface area (Å²) in [6, 6.07) is 14.6. The van der Waals surface area contributed by atoms with Gasteiger partial charge in [-0.15, -0.1) is 0 Å². The van der Waals surface area contributed by atoms with Crippen LogP contribution in [0.4, 0.5) is 10.5 Å². The molecule has 6 nitrogen and oxygen atoms in total. The van der Waals surface area contributed by atoms with Gasteiger partial charge in [-0.1, -0.05) is 39.1 Å². The maximum atomic E-state index is 13.0. The number of hydrogen-bond donors (Lipinski definition) is 1. The molecule has 30 heavy (non-hydrogen) atoms. The van der Waals surface area contributed by atoms with Crippen molar-refractivity contribution < 1.29 is 14.4 Å². The first kappa shape index (κ1) is 20.4. The van der Waals surface area contributed by atoms with Crippen LogP contribution in [0, 0.1) is 0 Å². The molecule has 1 N–H and O–H groups in total. The van der Waals surface area contributed by atoms with Crippen LogP contribution < -0.4 is 10.2 Å². The number of urea groups is 1. The summed E-state index contributed by atoms with van der Waals surface area (Å²) in [7, 11) is 0. The largest absolute Gasteiger partial charge is 0.335 e. The predicted molar refractivity (Wildman–Crippen MR) is 119 cm³/mol. The Hall–Kier alpha value is -2.87. The van der Waals surface area contributed by atoms with Crippen molar-refractivity contribution in [2.75, 3.05) is 4.90 Å². The first-order valence-electron chi connectivity index (χ1n) is 8.65. The van der Waals surface area contributed by atoms with Crippen molar-refractivity contribution in [3.05, 3.63) is 86.6 Å². The number of amides is 4. The van der Waals surface area contributed by atoms with Crippen LogP contribution in [0.3, 0.4) is 0 Å². The van der Waals surface area contributed by atoms with Gasteiger partial charge in [0.25, 0.3) is 11.8 Å². The van der Waals surface area contributed by atoms with E-state index in [0.717, 1.165) is 15.1 Å². The van der Waals surface area contributed by atoms with Gasteiger partial charge in [0.05, 0.1) is 15.7 Å². The summed E-state index contributed by atoms with van der Waals surface area (Å²) < 4.78 is 2.75. The van der Waals surface area contributed by atoms with Gasteiger partial charge in [-0.05, 0) is 60.7 Å². The molecule has 2 aromatic carbocycles. The maximum absolute atomic E-state index is 13.0. The summed E-state index contributed by atoms with van der Waals surface area (Å²) in [5.74, 6) is -1.53. The van der Waals surface area contributed by atoms with Crippen LogP contribution in [0.1, 0.15) is 5.69 Å². The van der Waals surface area contributed by atoms with E-state index in [9.17, 15) is 14.4 Å². The van der Waals surface area contributed by atoms with E-state index in [1.165, 1.54) is 24.3 Å². The van der Waals surface area contributed by atoms with Gasteiger partial charge in [-0.3, -0.25) is 14.9 Å². The fourth-order valence-electron chi connectivity index (χ4n) is 3.01. The molecule has 4 rings (SSSR count). The van der Waals surface area contributed by atoms with E-state index in [4.69, 9.17) is 23.2 Å². The molecule has 0 saturated carbocycles. The van der Waals surface area contributed by atoms with E-state index >= 15 is 0 Å².